The number of carbonyl (C=O) groups is 1. The van der Waals surface area contributed by atoms with Crippen molar-refractivity contribution in [1.82, 2.24) is 10.6 Å². The van der Waals surface area contributed by atoms with Gasteiger partial charge in [-0.15, -0.1) is 0 Å². The Kier molecular flexibility index (Phi) is 9.42. The Labute approximate surface area is 190 Å². The molecule has 2 unspecified atom stereocenters. The van der Waals surface area contributed by atoms with E-state index < -0.39 is 11.9 Å². The van der Waals surface area contributed by atoms with Crippen molar-refractivity contribution in [3.63, 3.8) is 0 Å². The predicted octanol–water partition coefficient (Wildman–Crippen LogP) is 5.36. The molecule has 2 fully saturated rings. The quantitative estimate of drug-likeness (QED) is 0.542. The van der Waals surface area contributed by atoms with Gasteiger partial charge in [0.1, 0.15) is 5.82 Å². The molecule has 2 aliphatic rings. The van der Waals surface area contributed by atoms with E-state index in [2.05, 4.69) is 10.6 Å². The monoisotopic (exact) mass is 454 g/mol. The number of ether oxygens (including phenoxy) is 1. The SMILES string of the molecule is C[C@H](NC(=O)NC[C@H](O)c1ccc(Cl)c(F)c1)C1OCCC1C1CCCCCCCC1. The van der Waals surface area contributed by atoms with E-state index >= 15 is 0 Å². The predicted molar refractivity (Wildman–Crippen MR) is 121 cm³/mol. The van der Waals surface area contributed by atoms with Gasteiger partial charge >= 0.3 is 6.03 Å². The number of carbonyl (C=O) groups excluding carboxylic acids is 1. The summed E-state index contributed by atoms with van der Waals surface area (Å²) in [5.74, 6) is 0.557. The number of aliphatic hydroxyl groups is 1. The van der Waals surface area contributed by atoms with Crippen molar-refractivity contribution >= 4 is 17.6 Å². The number of amides is 2. The van der Waals surface area contributed by atoms with Crippen LogP contribution in [-0.2, 0) is 4.74 Å². The molecule has 1 heterocycles. The molecule has 3 rings (SSSR count). The topological polar surface area (TPSA) is 70.6 Å². The fraction of sp³-hybridized carbons (Fsp3) is 0.708. The molecule has 1 aliphatic heterocycles. The first-order chi connectivity index (χ1) is 15.0. The second kappa shape index (κ2) is 12.0. The normalized spacial score (nSPS) is 25.2. The lowest BCUT2D eigenvalue weighted by Crippen LogP contribution is -2.49. The minimum atomic E-state index is -1.01. The van der Waals surface area contributed by atoms with Crippen LogP contribution < -0.4 is 10.6 Å². The zero-order chi connectivity index (χ0) is 22.2. The third kappa shape index (κ3) is 7.06. The lowest BCUT2D eigenvalue weighted by atomic mass is 9.79. The van der Waals surface area contributed by atoms with Crippen molar-refractivity contribution in [2.45, 2.75) is 83.0 Å². The van der Waals surface area contributed by atoms with Gasteiger partial charge in [0.2, 0.25) is 0 Å². The molecule has 31 heavy (non-hydrogen) atoms. The summed E-state index contributed by atoms with van der Waals surface area (Å²) in [6.07, 6.45) is 10.5. The molecule has 4 atom stereocenters. The Morgan fingerprint density at radius 2 is 1.87 bits per heavy atom. The highest BCUT2D eigenvalue weighted by Crippen LogP contribution is 2.37. The van der Waals surface area contributed by atoms with E-state index in [1.165, 1.54) is 63.5 Å². The Hall–Kier alpha value is -1.37. The maximum atomic E-state index is 13.6. The van der Waals surface area contributed by atoms with Crippen LogP contribution in [0, 0.1) is 17.7 Å². The first-order valence-electron chi connectivity index (χ1n) is 11.7. The molecule has 1 saturated carbocycles. The van der Waals surface area contributed by atoms with Crippen LogP contribution in [0.1, 0.15) is 76.4 Å². The van der Waals surface area contributed by atoms with Gasteiger partial charge in [-0.25, -0.2) is 9.18 Å². The number of benzene rings is 1. The molecule has 0 spiro atoms. The van der Waals surface area contributed by atoms with Gasteiger partial charge in [0.15, 0.2) is 0 Å². The third-order valence-corrected chi connectivity index (χ3v) is 7.13. The Bertz CT molecular complexity index is 710. The lowest BCUT2D eigenvalue weighted by Gasteiger charge is -2.31. The van der Waals surface area contributed by atoms with E-state index in [0.29, 0.717) is 17.4 Å². The highest BCUT2D eigenvalue weighted by Gasteiger charge is 2.38. The number of urea groups is 1. The molecule has 1 aromatic rings. The average molecular weight is 455 g/mol. The molecule has 1 aromatic carbocycles. The number of hydrogen-bond donors (Lipinski definition) is 3. The minimum absolute atomic E-state index is 0.00140. The van der Waals surface area contributed by atoms with Crippen molar-refractivity contribution in [3.8, 4) is 0 Å². The van der Waals surface area contributed by atoms with Gasteiger partial charge in [-0.05, 0) is 42.9 Å². The number of halogens is 2. The smallest absolute Gasteiger partial charge is 0.315 e. The van der Waals surface area contributed by atoms with Crippen LogP contribution in [0.4, 0.5) is 9.18 Å². The first-order valence-corrected chi connectivity index (χ1v) is 12.1. The maximum Gasteiger partial charge on any atom is 0.315 e. The molecular weight excluding hydrogens is 419 g/mol. The number of nitrogens with one attached hydrogen (secondary N) is 2. The highest BCUT2D eigenvalue weighted by molar-refractivity contribution is 6.30. The van der Waals surface area contributed by atoms with Crippen LogP contribution >= 0.6 is 11.6 Å². The van der Waals surface area contributed by atoms with Crippen molar-refractivity contribution in [2.24, 2.45) is 11.8 Å². The maximum absolute atomic E-state index is 13.6. The molecular formula is C24H36ClFN2O3. The summed E-state index contributed by atoms with van der Waals surface area (Å²) in [6, 6.07) is 3.65. The Morgan fingerprint density at radius 1 is 1.19 bits per heavy atom. The van der Waals surface area contributed by atoms with Crippen LogP contribution in [0.3, 0.4) is 0 Å². The van der Waals surface area contributed by atoms with Gasteiger partial charge in [0.05, 0.1) is 23.3 Å². The van der Waals surface area contributed by atoms with Crippen LogP contribution in [0.5, 0.6) is 0 Å². The molecule has 0 radical (unpaired) electrons. The molecule has 1 aliphatic carbocycles. The fourth-order valence-electron chi connectivity index (χ4n) is 5.11. The average Bonchev–Trinajstić information content (AvgIpc) is 3.27. The van der Waals surface area contributed by atoms with Gasteiger partial charge in [0, 0.05) is 13.2 Å². The van der Waals surface area contributed by atoms with Gasteiger partial charge < -0.3 is 20.5 Å². The summed E-state index contributed by atoms with van der Waals surface area (Å²) in [6.45, 7) is 2.72. The zero-order valence-corrected chi connectivity index (χ0v) is 19.2. The van der Waals surface area contributed by atoms with Crippen LogP contribution in [-0.4, -0.2) is 36.4 Å². The van der Waals surface area contributed by atoms with E-state index in [9.17, 15) is 14.3 Å². The van der Waals surface area contributed by atoms with Crippen LogP contribution in [0.15, 0.2) is 18.2 Å². The van der Waals surface area contributed by atoms with Gasteiger partial charge in [-0.3, -0.25) is 0 Å². The van der Waals surface area contributed by atoms with Gasteiger partial charge in [-0.1, -0.05) is 69.0 Å². The van der Waals surface area contributed by atoms with Crippen molar-refractivity contribution in [3.05, 3.63) is 34.6 Å². The number of rotatable bonds is 6. The van der Waals surface area contributed by atoms with Gasteiger partial charge in [0.25, 0.3) is 0 Å². The summed E-state index contributed by atoms with van der Waals surface area (Å²) in [5.41, 5.74) is 0.370. The van der Waals surface area contributed by atoms with Gasteiger partial charge in [-0.2, -0.15) is 0 Å². The molecule has 0 bridgehead atoms. The largest absolute Gasteiger partial charge is 0.387 e. The molecule has 2 amide bonds. The number of aliphatic hydroxyl groups excluding tert-OH is 1. The fourth-order valence-corrected chi connectivity index (χ4v) is 5.22. The molecule has 0 aromatic heterocycles. The summed E-state index contributed by atoms with van der Waals surface area (Å²) in [7, 11) is 0. The molecule has 174 valence electrons. The third-order valence-electron chi connectivity index (χ3n) is 6.82. The summed E-state index contributed by atoms with van der Waals surface area (Å²) < 4.78 is 19.6. The van der Waals surface area contributed by atoms with Crippen LogP contribution in [0.25, 0.3) is 0 Å². The Balaban J connectivity index is 1.49. The van der Waals surface area contributed by atoms with E-state index in [0.717, 1.165) is 13.0 Å². The second-order valence-electron chi connectivity index (χ2n) is 9.08. The molecule has 3 N–H and O–H groups in total. The van der Waals surface area contributed by atoms with Crippen molar-refractivity contribution in [2.75, 3.05) is 13.2 Å². The zero-order valence-electron chi connectivity index (χ0n) is 18.4. The van der Waals surface area contributed by atoms with E-state index in [-0.39, 0.29) is 29.7 Å². The standard InChI is InChI=1S/C24H36ClFN2O3/c1-16(23-19(12-13-31-23)17-8-6-4-2-3-5-7-9-17)28-24(30)27-15-22(29)18-10-11-20(25)21(26)14-18/h10-11,14,16-17,19,22-23,29H,2-9,12-13,15H2,1H3,(H2,27,28,30)/t16-,19?,22-,23?/m0/s1. The molecule has 5 nitrogen and oxygen atoms in total. The Morgan fingerprint density at radius 3 is 2.55 bits per heavy atom. The summed E-state index contributed by atoms with van der Waals surface area (Å²) >= 11 is 5.68. The van der Waals surface area contributed by atoms with Crippen LogP contribution in [0.2, 0.25) is 5.02 Å². The molecule has 7 heteroatoms. The number of hydrogen-bond acceptors (Lipinski definition) is 3. The van der Waals surface area contributed by atoms with E-state index in [1.807, 2.05) is 6.92 Å². The summed E-state index contributed by atoms with van der Waals surface area (Å²) in [4.78, 5) is 12.4. The van der Waals surface area contributed by atoms with Crippen molar-refractivity contribution < 1.29 is 19.0 Å². The van der Waals surface area contributed by atoms with E-state index in [1.54, 1.807) is 6.07 Å². The highest BCUT2D eigenvalue weighted by atomic mass is 35.5. The minimum Gasteiger partial charge on any atom is -0.387 e. The lowest BCUT2D eigenvalue weighted by molar-refractivity contribution is 0.0472. The molecule has 1 saturated heterocycles. The van der Waals surface area contributed by atoms with Crippen molar-refractivity contribution in [1.29, 1.82) is 0 Å². The summed E-state index contributed by atoms with van der Waals surface area (Å²) in [5, 5.41) is 15.9. The first kappa shape index (κ1) is 24.3. The van der Waals surface area contributed by atoms with E-state index in [4.69, 9.17) is 16.3 Å². The second-order valence-corrected chi connectivity index (χ2v) is 9.49.